The molecular formula is C21H22N2OS. The molecule has 1 heterocycles. The molecule has 2 aromatic carbocycles. The Bertz CT molecular complexity index is 852. The van der Waals surface area contributed by atoms with Crippen molar-refractivity contribution in [1.82, 2.24) is 4.98 Å². The molecule has 0 aliphatic rings. The number of anilines is 1. The number of rotatable bonds is 5. The van der Waals surface area contributed by atoms with E-state index in [0.717, 1.165) is 28.2 Å². The molecule has 0 atom stereocenters. The van der Waals surface area contributed by atoms with Gasteiger partial charge < -0.3 is 5.32 Å². The molecule has 0 aliphatic heterocycles. The van der Waals surface area contributed by atoms with Crippen LogP contribution in [0.3, 0.4) is 0 Å². The molecule has 3 rings (SSSR count). The lowest BCUT2D eigenvalue weighted by atomic mass is 9.95. The van der Waals surface area contributed by atoms with Crippen molar-refractivity contribution in [2.45, 2.75) is 27.2 Å². The number of nitrogens with one attached hydrogen (secondary N) is 1. The fourth-order valence-electron chi connectivity index (χ4n) is 2.67. The van der Waals surface area contributed by atoms with Crippen LogP contribution in [-0.2, 0) is 11.2 Å². The number of nitrogens with zero attached hydrogens (tertiary/aromatic N) is 1. The molecule has 1 aromatic heterocycles. The molecule has 3 nitrogen and oxygen atoms in total. The lowest BCUT2D eigenvalue weighted by Gasteiger charge is -2.12. The fourth-order valence-corrected chi connectivity index (χ4v) is 3.31. The van der Waals surface area contributed by atoms with Crippen molar-refractivity contribution in [1.29, 1.82) is 0 Å². The average Bonchev–Trinajstić information content (AvgIpc) is 3.16. The minimum absolute atomic E-state index is 0.0265. The second-order valence-electron chi connectivity index (χ2n) is 6.28. The van der Waals surface area contributed by atoms with Crippen molar-refractivity contribution in [2.24, 2.45) is 5.92 Å². The second-order valence-corrected chi connectivity index (χ2v) is 7.18. The van der Waals surface area contributed by atoms with E-state index >= 15 is 0 Å². The zero-order valence-electron chi connectivity index (χ0n) is 14.7. The van der Waals surface area contributed by atoms with Crippen molar-refractivity contribution >= 4 is 22.9 Å². The summed E-state index contributed by atoms with van der Waals surface area (Å²) in [7, 11) is 0. The highest BCUT2D eigenvalue weighted by Gasteiger charge is 2.10. The van der Waals surface area contributed by atoms with Gasteiger partial charge in [0.25, 0.3) is 0 Å². The largest absolute Gasteiger partial charge is 0.326 e. The van der Waals surface area contributed by atoms with Crippen molar-refractivity contribution in [3.05, 3.63) is 59.6 Å². The maximum absolute atomic E-state index is 11.8. The molecule has 0 saturated heterocycles. The fraction of sp³-hybridized carbons (Fsp3) is 0.238. The summed E-state index contributed by atoms with van der Waals surface area (Å²) in [5.74, 6) is 0.00844. The third kappa shape index (κ3) is 3.97. The number of aryl methyl sites for hydroxylation is 1. The predicted octanol–water partition coefficient (Wildman–Crippen LogP) is 5.63. The molecule has 25 heavy (non-hydrogen) atoms. The smallest absolute Gasteiger partial charge is 0.226 e. The minimum Gasteiger partial charge on any atom is -0.326 e. The quantitative estimate of drug-likeness (QED) is 0.647. The zero-order valence-corrected chi connectivity index (χ0v) is 15.6. The Morgan fingerprint density at radius 1 is 1.12 bits per heavy atom. The van der Waals surface area contributed by atoms with E-state index in [1.807, 2.05) is 37.6 Å². The number of benzene rings is 2. The van der Waals surface area contributed by atoms with E-state index in [0.29, 0.717) is 0 Å². The van der Waals surface area contributed by atoms with Gasteiger partial charge in [0.1, 0.15) is 5.01 Å². The Labute approximate surface area is 152 Å². The van der Waals surface area contributed by atoms with Gasteiger partial charge in [0.15, 0.2) is 0 Å². The summed E-state index contributed by atoms with van der Waals surface area (Å²) >= 11 is 1.65. The van der Waals surface area contributed by atoms with E-state index in [1.54, 1.807) is 11.3 Å². The Morgan fingerprint density at radius 3 is 2.44 bits per heavy atom. The molecule has 128 valence electrons. The van der Waals surface area contributed by atoms with Gasteiger partial charge in [-0.05, 0) is 41.3 Å². The van der Waals surface area contributed by atoms with Crippen molar-refractivity contribution < 1.29 is 4.79 Å². The summed E-state index contributed by atoms with van der Waals surface area (Å²) in [4.78, 5) is 16.2. The summed E-state index contributed by atoms with van der Waals surface area (Å²) in [5.41, 5.74) is 5.64. The maximum atomic E-state index is 11.8. The number of hydrogen-bond donors (Lipinski definition) is 1. The standard InChI is InChI=1S/C21H22N2OS/c1-4-15-5-6-17(21-22-11-12-25-21)13-19(15)16-7-9-18(10-8-16)23-20(24)14(2)3/h5-14H,4H2,1-3H3,(H,23,24). The first-order valence-corrected chi connectivity index (χ1v) is 9.40. The lowest BCUT2D eigenvalue weighted by molar-refractivity contribution is -0.118. The van der Waals surface area contributed by atoms with Crippen LogP contribution in [-0.4, -0.2) is 10.9 Å². The molecular weight excluding hydrogens is 328 g/mol. The monoisotopic (exact) mass is 350 g/mol. The zero-order chi connectivity index (χ0) is 17.8. The van der Waals surface area contributed by atoms with Gasteiger partial charge in [-0.1, -0.05) is 45.0 Å². The van der Waals surface area contributed by atoms with Crippen LogP contribution in [0.2, 0.25) is 0 Å². The Kier molecular flexibility index (Phi) is 5.29. The molecule has 1 amide bonds. The second kappa shape index (κ2) is 7.62. The van der Waals surface area contributed by atoms with Crippen LogP contribution in [0.4, 0.5) is 5.69 Å². The van der Waals surface area contributed by atoms with Gasteiger partial charge >= 0.3 is 0 Å². The third-order valence-corrected chi connectivity index (χ3v) is 4.98. The first-order valence-electron chi connectivity index (χ1n) is 8.52. The first-order chi connectivity index (χ1) is 12.1. The lowest BCUT2D eigenvalue weighted by Crippen LogP contribution is -2.17. The highest BCUT2D eigenvalue weighted by atomic mass is 32.1. The summed E-state index contributed by atoms with van der Waals surface area (Å²) in [6.07, 6.45) is 2.80. The van der Waals surface area contributed by atoms with E-state index < -0.39 is 0 Å². The van der Waals surface area contributed by atoms with Gasteiger partial charge in [0, 0.05) is 28.7 Å². The molecule has 0 saturated carbocycles. The predicted molar refractivity (Wildman–Crippen MR) is 106 cm³/mol. The normalized spacial score (nSPS) is 10.9. The minimum atomic E-state index is -0.0265. The van der Waals surface area contributed by atoms with Gasteiger partial charge in [0.2, 0.25) is 5.91 Å². The summed E-state index contributed by atoms with van der Waals surface area (Å²) < 4.78 is 0. The molecule has 0 radical (unpaired) electrons. The summed E-state index contributed by atoms with van der Waals surface area (Å²) in [6.45, 7) is 5.95. The van der Waals surface area contributed by atoms with Crippen molar-refractivity contribution in [3.63, 3.8) is 0 Å². The number of thiazole rings is 1. The van der Waals surface area contributed by atoms with Crippen LogP contribution in [0, 0.1) is 5.92 Å². The molecule has 0 spiro atoms. The third-order valence-electron chi connectivity index (χ3n) is 4.16. The molecule has 0 bridgehead atoms. The van der Waals surface area contributed by atoms with E-state index in [9.17, 15) is 4.79 Å². The Balaban J connectivity index is 1.92. The highest BCUT2D eigenvalue weighted by molar-refractivity contribution is 7.13. The van der Waals surface area contributed by atoms with Crippen LogP contribution in [0.1, 0.15) is 26.3 Å². The van der Waals surface area contributed by atoms with Crippen molar-refractivity contribution in [2.75, 3.05) is 5.32 Å². The molecule has 0 unspecified atom stereocenters. The summed E-state index contributed by atoms with van der Waals surface area (Å²) in [6, 6.07) is 14.6. The SMILES string of the molecule is CCc1ccc(-c2nccs2)cc1-c1ccc(NC(=O)C(C)C)cc1. The van der Waals surface area contributed by atoms with Crippen LogP contribution in [0.25, 0.3) is 21.7 Å². The average molecular weight is 350 g/mol. The van der Waals surface area contributed by atoms with Gasteiger partial charge in [-0.15, -0.1) is 11.3 Å². The number of carbonyl (C=O) groups is 1. The maximum Gasteiger partial charge on any atom is 0.226 e. The van der Waals surface area contributed by atoms with Gasteiger partial charge in [-0.2, -0.15) is 0 Å². The van der Waals surface area contributed by atoms with Crippen LogP contribution in [0.15, 0.2) is 54.0 Å². The van der Waals surface area contributed by atoms with Gasteiger partial charge in [-0.25, -0.2) is 4.98 Å². The molecule has 3 aromatic rings. The highest BCUT2D eigenvalue weighted by Crippen LogP contribution is 2.31. The van der Waals surface area contributed by atoms with Gasteiger partial charge in [0.05, 0.1) is 0 Å². The molecule has 0 aliphatic carbocycles. The number of carbonyl (C=O) groups excluding carboxylic acids is 1. The first kappa shape index (κ1) is 17.4. The Hall–Kier alpha value is -2.46. The van der Waals surface area contributed by atoms with Crippen molar-refractivity contribution in [3.8, 4) is 21.7 Å². The van der Waals surface area contributed by atoms with Crippen LogP contribution < -0.4 is 5.32 Å². The van der Waals surface area contributed by atoms with E-state index in [4.69, 9.17) is 0 Å². The number of amides is 1. The topological polar surface area (TPSA) is 42.0 Å². The molecule has 0 fully saturated rings. The number of hydrogen-bond acceptors (Lipinski definition) is 3. The number of aromatic nitrogens is 1. The molecule has 1 N–H and O–H groups in total. The molecule has 4 heteroatoms. The van der Waals surface area contributed by atoms with Crippen LogP contribution in [0.5, 0.6) is 0 Å². The van der Waals surface area contributed by atoms with Gasteiger partial charge in [-0.3, -0.25) is 4.79 Å². The van der Waals surface area contributed by atoms with E-state index in [-0.39, 0.29) is 11.8 Å². The summed E-state index contributed by atoms with van der Waals surface area (Å²) in [5, 5.41) is 5.96. The Morgan fingerprint density at radius 2 is 1.84 bits per heavy atom. The van der Waals surface area contributed by atoms with E-state index in [1.165, 1.54) is 11.1 Å². The van der Waals surface area contributed by atoms with Crippen LogP contribution >= 0.6 is 11.3 Å². The van der Waals surface area contributed by atoms with E-state index in [2.05, 4.69) is 47.6 Å².